The molecule has 6 heteroatoms. The number of pyridine rings is 1. The van der Waals surface area contributed by atoms with E-state index in [2.05, 4.69) is 31.2 Å². The fourth-order valence-electron chi connectivity index (χ4n) is 3.23. The van der Waals surface area contributed by atoms with Crippen molar-refractivity contribution in [2.24, 2.45) is 0 Å². The molecule has 1 aliphatic heterocycles. The van der Waals surface area contributed by atoms with Crippen LogP contribution in [-0.2, 0) is 0 Å². The highest BCUT2D eigenvalue weighted by molar-refractivity contribution is 5.86. The van der Waals surface area contributed by atoms with E-state index in [1.54, 1.807) is 12.4 Å². The first kappa shape index (κ1) is 15.3. The van der Waals surface area contributed by atoms with Gasteiger partial charge in [-0.05, 0) is 31.0 Å². The second kappa shape index (κ2) is 6.73. The zero-order valence-electron chi connectivity index (χ0n) is 13.8. The van der Waals surface area contributed by atoms with Crippen molar-refractivity contribution >= 4 is 22.7 Å². The van der Waals surface area contributed by atoms with Crippen molar-refractivity contribution in [1.82, 2.24) is 15.0 Å². The number of rotatable bonds is 3. The van der Waals surface area contributed by atoms with Crippen molar-refractivity contribution in [2.75, 3.05) is 23.3 Å². The predicted octanol–water partition coefficient (Wildman–Crippen LogP) is 2.98. The highest BCUT2D eigenvalue weighted by Crippen LogP contribution is 2.23. The van der Waals surface area contributed by atoms with Gasteiger partial charge in [0.2, 0.25) is 5.95 Å². The summed E-state index contributed by atoms with van der Waals surface area (Å²) in [5, 5.41) is 13.8. The third-order valence-electron chi connectivity index (χ3n) is 4.52. The number of nitrogens with zero attached hydrogens (tertiary/aromatic N) is 5. The van der Waals surface area contributed by atoms with Crippen LogP contribution in [0.1, 0.15) is 18.4 Å². The highest BCUT2D eigenvalue weighted by atomic mass is 15.3. The minimum atomic E-state index is 0.333. The fourth-order valence-corrected chi connectivity index (χ4v) is 3.23. The lowest BCUT2D eigenvalue weighted by Crippen LogP contribution is -2.40. The van der Waals surface area contributed by atoms with Crippen molar-refractivity contribution in [2.45, 2.75) is 18.9 Å². The van der Waals surface area contributed by atoms with Crippen LogP contribution < -0.4 is 10.2 Å². The molecule has 0 saturated carbocycles. The maximum atomic E-state index is 9.40. The molecule has 1 saturated heterocycles. The average molecular weight is 330 g/mol. The molecule has 0 amide bonds. The number of aromatic nitrogens is 3. The van der Waals surface area contributed by atoms with Crippen molar-refractivity contribution in [1.29, 1.82) is 5.26 Å². The summed E-state index contributed by atoms with van der Waals surface area (Å²) in [4.78, 5) is 15.5. The first-order valence-corrected chi connectivity index (χ1v) is 8.42. The van der Waals surface area contributed by atoms with Gasteiger partial charge in [-0.1, -0.05) is 18.2 Å². The number of fused-ring (bicyclic) bond motifs is 1. The Balaban J connectivity index is 1.47. The third-order valence-corrected chi connectivity index (χ3v) is 4.52. The second-order valence-electron chi connectivity index (χ2n) is 6.14. The van der Waals surface area contributed by atoms with Crippen LogP contribution in [0.2, 0.25) is 0 Å². The molecule has 6 nitrogen and oxygen atoms in total. The van der Waals surface area contributed by atoms with Crippen LogP contribution in [0.5, 0.6) is 0 Å². The number of hydrogen-bond acceptors (Lipinski definition) is 6. The molecule has 0 aliphatic carbocycles. The second-order valence-corrected chi connectivity index (χ2v) is 6.14. The Morgan fingerprint density at radius 1 is 1.08 bits per heavy atom. The summed E-state index contributed by atoms with van der Waals surface area (Å²) >= 11 is 0. The van der Waals surface area contributed by atoms with Crippen LogP contribution in [0.3, 0.4) is 0 Å². The first-order valence-electron chi connectivity index (χ1n) is 8.42. The van der Waals surface area contributed by atoms with Crippen LogP contribution >= 0.6 is 0 Å². The SMILES string of the molecule is N#Cc1cc(NC2CCN(c3ncccn3)CC2)nc2ccccc12. The van der Waals surface area contributed by atoms with E-state index >= 15 is 0 Å². The monoisotopic (exact) mass is 330 g/mol. The Morgan fingerprint density at radius 2 is 1.84 bits per heavy atom. The molecule has 3 heterocycles. The van der Waals surface area contributed by atoms with Gasteiger partial charge < -0.3 is 10.2 Å². The highest BCUT2D eigenvalue weighted by Gasteiger charge is 2.21. The van der Waals surface area contributed by atoms with Gasteiger partial charge in [-0.15, -0.1) is 0 Å². The molecule has 1 aliphatic rings. The number of benzene rings is 1. The summed E-state index contributed by atoms with van der Waals surface area (Å²) in [6.07, 6.45) is 5.51. The number of nitrogens with one attached hydrogen (secondary N) is 1. The van der Waals surface area contributed by atoms with Crippen molar-refractivity contribution in [3.8, 4) is 6.07 Å². The van der Waals surface area contributed by atoms with E-state index in [-0.39, 0.29) is 0 Å². The molecular formula is C19H18N6. The Bertz CT molecular complexity index is 910. The molecule has 4 rings (SSSR count). The van der Waals surface area contributed by atoms with Gasteiger partial charge in [0.05, 0.1) is 17.1 Å². The van der Waals surface area contributed by atoms with Gasteiger partial charge in [-0.25, -0.2) is 15.0 Å². The number of para-hydroxylation sites is 1. The summed E-state index contributed by atoms with van der Waals surface area (Å²) in [6.45, 7) is 1.81. The Labute approximate surface area is 146 Å². The molecule has 1 fully saturated rings. The van der Waals surface area contributed by atoms with Crippen LogP contribution in [0, 0.1) is 11.3 Å². The molecule has 0 radical (unpaired) electrons. The number of anilines is 2. The minimum Gasteiger partial charge on any atom is -0.367 e. The third kappa shape index (κ3) is 3.22. The van der Waals surface area contributed by atoms with Crippen LogP contribution in [0.4, 0.5) is 11.8 Å². The van der Waals surface area contributed by atoms with Crippen molar-refractivity contribution < 1.29 is 0 Å². The summed E-state index contributed by atoms with van der Waals surface area (Å²) in [6, 6.07) is 14.0. The number of hydrogen-bond donors (Lipinski definition) is 1. The van der Waals surface area contributed by atoms with Gasteiger partial charge >= 0.3 is 0 Å². The Kier molecular flexibility index (Phi) is 4.13. The zero-order valence-corrected chi connectivity index (χ0v) is 13.8. The molecule has 0 bridgehead atoms. The maximum absolute atomic E-state index is 9.40. The van der Waals surface area contributed by atoms with E-state index in [1.807, 2.05) is 36.4 Å². The summed E-state index contributed by atoms with van der Waals surface area (Å²) in [5.41, 5.74) is 1.50. The summed E-state index contributed by atoms with van der Waals surface area (Å²) in [5.74, 6) is 1.56. The molecule has 0 atom stereocenters. The lowest BCUT2D eigenvalue weighted by atomic mass is 10.0. The topological polar surface area (TPSA) is 77.7 Å². The van der Waals surface area contributed by atoms with Crippen molar-refractivity contribution in [3.63, 3.8) is 0 Å². The van der Waals surface area contributed by atoms with Gasteiger partial charge in [0, 0.05) is 36.9 Å². The zero-order chi connectivity index (χ0) is 17.1. The summed E-state index contributed by atoms with van der Waals surface area (Å²) in [7, 11) is 0. The molecule has 0 spiro atoms. The van der Waals surface area contributed by atoms with Gasteiger partial charge in [-0.2, -0.15) is 5.26 Å². The van der Waals surface area contributed by atoms with E-state index in [1.165, 1.54) is 0 Å². The van der Waals surface area contributed by atoms with Crippen LogP contribution in [-0.4, -0.2) is 34.1 Å². The molecule has 1 aromatic carbocycles. The number of piperidine rings is 1. The molecule has 124 valence electrons. The van der Waals surface area contributed by atoms with E-state index in [0.717, 1.165) is 48.6 Å². The molecule has 25 heavy (non-hydrogen) atoms. The quantitative estimate of drug-likeness (QED) is 0.795. The van der Waals surface area contributed by atoms with E-state index in [0.29, 0.717) is 11.6 Å². The fraction of sp³-hybridized carbons (Fsp3) is 0.263. The van der Waals surface area contributed by atoms with E-state index < -0.39 is 0 Å². The normalized spacial score (nSPS) is 15.1. The van der Waals surface area contributed by atoms with Crippen LogP contribution in [0.15, 0.2) is 48.8 Å². The van der Waals surface area contributed by atoms with E-state index in [9.17, 15) is 5.26 Å². The molecular weight excluding hydrogens is 312 g/mol. The molecule has 1 N–H and O–H groups in total. The largest absolute Gasteiger partial charge is 0.367 e. The first-order chi connectivity index (χ1) is 12.3. The lowest BCUT2D eigenvalue weighted by Gasteiger charge is -2.32. The smallest absolute Gasteiger partial charge is 0.225 e. The lowest BCUT2D eigenvalue weighted by molar-refractivity contribution is 0.519. The Hall–Kier alpha value is -3.20. The van der Waals surface area contributed by atoms with Gasteiger partial charge in [0.25, 0.3) is 0 Å². The van der Waals surface area contributed by atoms with Gasteiger partial charge in [-0.3, -0.25) is 0 Å². The predicted molar refractivity (Wildman–Crippen MR) is 97.3 cm³/mol. The maximum Gasteiger partial charge on any atom is 0.225 e. The van der Waals surface area contributed by atoms with Crippen LogP contribution in [0.25, 0.3) is 10.9 Å². The minimum absolute atomic E-state index is 0.333. The summed E-state index contributed by atoms with van der Waals surface area (Å²) < 4.78 is 0. The molecule has 0 unspecified atom stereocenters. The molecule has 2 aromatic heterocycles. The van der Waals surface area contributed by atoms with Gasteiger partial charge in [0.15, 0.2) is 0 Å². The molecule has 3 aromatic rings. The number of nitriles is 1. The van der Waals surface area contributed by atoms with Gasteiger partial charge in [0.1, 0.15) is 5.82 Å². The average Bonchev–Trinajstić information content (AvgIpc) is 2.68. The standard InChI is InChI=1S/C19H18N6/c20-13-14-12-18(24-17-5-2-1-4-16(14)17)23-15-6-10-25(11-7-15)19-21-8-3-9-22-19/h1-5,8-9,12,15H,6-7,10-11H2,(H,23,24). The van der Waals surface area contributed by atoms with E-state index in [4.69, 9.17) is 0 Å². The van der Waals surface area contributed by atoms with Crippen molar-refractivity contribution in [3.05, 3.63) is 54.4 Å². The Morgan fingerprint density at radius 3 is 2.60 bits per heavy atom.